The molecule has 1 fully saturated rings. The van der Waals surface area contributed by atoms with Crippen molar-refractivity contribution in [3.05, 3.63) is 0 Å². The number of hydrogen-bond acceptors (Lipinski definition) is 3. The third kappa shape index (κ3) is 2.80. The average molecular weight is 198 g/mol. The molecule has 4 nitrogen and oxygen atoms in total. The summed E-state index contributed by atoms with van der Waals surface area (Å²) in [6, 6.07) is 0.358. The zero-order valence-electron chi connectivity index (χ0n) is 9.12. The van der Waals surface area contributed by atoms with Gasteiger partial charge in [-0.2, -0.15) is 0 Å². The van der Waals surface area contributed by atoms with Gasteiger partial charge >= 0.3 is 0 Å². The van der Waals surface area contributed by atoms with E-state index < -0.39 is 0 Å². The molecule has 0 aromatic heterocycles. The highest BCUT2D eigenvalue weighted by Crippen LogP contribution is 2.09. The van der Waals surface area contributed by atoms with Gasteiger partial charge in [0, 0.05) is 32.6 Å². The monoisotopic (exact) mass is 198 g/mol. The van der Waals surface area contributed by atoms with Crippen LogP contribution in [0.4, 0.5) is 0 Å². The topological polar surface area (TPSA) is 40.6 Å². The number of piperazine rings is 1. The second-order valence-corrected chi connectivity index (χ2v) is 4.05. The predicted octanol–water partition coefficient (Wildman–Crippen LogP) is 0.128. The minimum absolute atomic E-state index is 0.145. The third-order valence-electron chi connectivity index (χ3n) is 2.68. The Bertz CT molecular complexity index is 240. The Morgan fingerprint density at radius 2 is 2.21 bits per heavy atom. The van der Waals surface area contributed by atoms with Crippen molar-refractivity contribution in [1.82, 2.24) is 9.80 Å². The molecule has 1 atom stereocenters. The van der Waals surface area contributed by atoms with Gasteiger partial charge in [-0.15, -0.1) is 0 Å². The zero-order valence-corrected chi connectivity index (χ0v) is 9.12. The van der Waals surface area contributed by atoms with Gasteiger partial charge in [-0.1, -0.05) is 0 Å². The summed E-state index contributed by atoms with van der Waals surface area (Å²) in [4.78, 5) is 26.0. The molecule has 0 aliphatic carbocycles. The fourth-order valence-electron chi connectivity index (χ4n) is 1.66. The first-order chi connectivity index (χ1) is 6.50. The lowest BCUT2D eigenvalue weighted by molar-refractivity contribution is -0.137. The molecule has 1 aliphatic heterocycles. The number of amides is 1. The highest BCUT2D eigenvalue weighted by molar-refractivity contribution is 5.79. The molecule has 1 aliphatic rings. The van der Waals surface area contributed by atoms with Gasteiger partial charge in [-0.25, -0.2) is 0 Å². The summed E-state index contributed by atoms with van der Waals surface area (Å²) in [5.74, 6) is 0.329. The smallest absolute Gasteiger partial charge is 0.236 e. The summed E-state index contributed by atoms with van der Waals surface area (Å²) in [5.41, 5.74) is 0. The van der Waals surface area contributed by atoms with Gasteiger partial charge in [0.25, 0.3) is 0 Å². The molecule has 1 amide bonds. The van der Waals surface area contributed by atoms with Crippen LogP contribution in [0.15, 0.2) is 0 Å². The van der Waals surface area contributed by atoms with Crippen LogP contribution in [0.5, 0.6) is 0 Å². The Balaban J connectivity index is 2.45. The first-order valence-electron chi connectivity index (χ1n) is 4.98. The lowest BCUT2D eigenvalue weighted by Gasteiger charge is -2.37. The van der Waals surface area contributed by atoms with Crippen molar-refractivity contribution in [1.29, 1.82) is 0 Å². The van der Waals surface area contributed by atoms with Crippen LogP contribution in [0.1, 0.15) is 20.3 Å². The molecule has 80 valence electrons. The first-order valence-corrected chi connectivity index (χ1v) is 4.98. The fraction of sp³-hybridized carbons (Fsp3) is 0.800. The van der Waals surface area contributed by atoms with E-state index in [2.05, 4.69) is 11.8 Å². The van der Waals surface area contributed by atoms with Crippen LogP contribution < -0.4 is 0 Å². The third-order valence-corrected chi connectivity index (χ3v) is 2.68. The molecule has 0 aromatic rings. The summed E-state index contributed by atoms with van der Waals surface area (Å²) < 4.78 is 0. The quantitative estimate of drug-likeness (QED) is 0.647. The standard InChI is InChI=1S/C10H18N2O2/c1-8-6-11(3)10(14)7-12(8)5-4-9(2)13/h8H,4-7H2,1-3H3. The number of hydrogen-bond donors (Lipinski definition) is 0. The van der Waals surface area contributed by atoms with Gasteiger partial charge < -0.3 is 4.90 Å². The maximum absolute atomic E-state index is 11.4. The van der Waals surface area contributed by atoms with Gasteiger partial charge in [0.2, 0.25) is 5.91 Å². The van der Waals surface area contributed by atoms with Crippen LogP contribution in [0.3, 0.4) is 0 Å². The van der Waals surface area contributed by atoms with Crippen LogP contribution in [0.2, 0.25) is 0 Å². The Morgan fingerprint density at radius 1 is 1.57 bits per heavy atom. The first kappa shape index (κ1) is 11.2. The Kier molecular flexibility index (Phi) is 3.63. The fourth-order valence-corrected chi connectivity index (χ4v) is 1.66. The predicted molar refractivity (Wildman–Crippen MR) is 54.0 cm³/mol. The normalized spacial score (nSPS) is 24.1. The number of nitrogens with zero attached hydrogens (tertiary/aromatic N) is 2. The number of carbonyl (C=O) groups excluding carboxylic acids is 2. The lowest BCUT2D eigenvalue weighted by atomic mass is 10.1. The summed E-state index contributed by atoms with van der Waals surface area (Å²) in [5, 5.41) is 0. The molecule has 1 heterocycles. The Hall–Kier alpha value is -0.900. The molecule has 4 heteroatoms. The van der Waals surface area contributed by atoms with Crippen LogP contribution in [0, 0.1) is 0 Å². The molecule has 14 heavy (non-hydrogen) atoms. The van der Waals surface area contributed by atoms with Gasteiger partial charge in [-0.05, 0) is 13.8 Å². The van der Waals surface area contributed by atoms with E-state index in [9.17, 15) is 9.59 Å². The van der Waals surface area contributed by atoms with E-state index in [4.69, 9.17) is 0 Å². The van der Waals surface area contributed by atoms with Gasteiger partial charge in [0.15, 0.2) is 0 Å². The molecular formula is C10H18N2O2. The van der Waals surface area contributed by atoms with Crippen molar-refractivity contribution in [3.8, 4) is 0 Å². The van der Waals surface area contributed by atoms with E-state index in [0.29, 0.717) is 25.6 Å². The molecule has 0 N–H and O–H groups in total. The van der Waals surface area contributed by atoms with Gasteiger partial charge in [-0.3, -0.25) is 14.5 Å². The maximum atomic E-state index is 11.4. The van der Waals surface area contributed by atoms with Crippen LogP contribution in [-0.2, 0) is 9.59 Å². The number of rotatable bonds is 3. The number of Topliss-reactive ketones (excluding diaryl/α,β-unsaturated/α-hetero) is 1. The summed E-state index contributed by atoms with van der Waals surface area (Å²) in [6.07, 6.45) is 0.543. The molecule has 1 unspecified atom stereocenters. The largest absolute Gasteiger partial charge is 0.343 e. The minimum Gasteiger partial charge on any atom is -0.343 e. The maximum Gasteiger partial charge on any atom is 0.236 e. The van der Waals surface area contributed by atoms with Crippen LogP contribution >= 0.6 is 0 Å². The van der Waals surface area contributed by atoms with Crippen LogP contribution in [0.25, 0.3) is 0 Å². The van der Waals surface area contributed by atoms with E-state index in [-0.39, 0.29) is 11.7 Å². The number of ketones is 1. The summed E-state index contributed by atoms with van der Waals surface area (Å²) in [7, 11) is 1.82. The van der Waals surface area contributed by atoms with E-state index in [1.54, 1.807) is 11.8 Å². The minimum atomic E-state index is 0.145. The molecule has 0 radical (unpaired) electrons. The number of likely N-dealkylation sites (N-methyl/N-ethyl adjacent to an activating group) is 1. The Morgan fingerprint density at radius 3 is 2.79 bits per heavy atom. The molecule has 1 saturated heterocycles. The van der Waals surface area contributed by atoms with E-state index >= 15 is 0 Å². The van der Waals surface area contributed by atoms with Crippen molar-refractivity contribution in [3.63, 3.8) is 0 Å². The van der Waals surface area contributed by atoms with Crippen molar-refractivity contribution >= 4 is 11.7 Å². The van der Waals surface area contributed by atoms with Crippen molar-refractivity contribution < 1.29 is 9.59 Å². The van der Waals surface area contributed by atoms with Crippen molar-refractivity contribution in [2.24, 2.45) is 0 Å². The number of carbonyl (C=O) groups is 2. The molecule has 0 spiro atoms. The SMILES string of the molecule is CC(=O)CCN1CC(=O)N(C)CC1C. The van der Waals surface area contributed by atoms with Crippen molar-refractivity contribution in [2.45, 2.75) is 26.3 Å². The molecular weight excluding hydrogens is 180 g/mol. The lowest BCUT2D eigenvalue weighted by Crippen LogP contribution is -2.53. The zero-order chi connectivity index (χ0) is 10.7. The molecule has 0 saturated carbocycles. The summed E-state index contributed by atoms with van der Waals surface area (Å²) in [6.45, 7) is 5.59. The molecule has 1 rings (SSSR count). The van der Waals surface area contributed by atoms with E-state index in [0.717, 1.165) is 6.54 Å². The Labute approximate surface area is 84.9 Å². The van der Waals surface area contributed by atoms with Gasteiger partial charge in [0.05, 0.1) is 6.54 Å². The van der Waals surface area contributed by atoms with Gasteiger partial charge in [0.1, 0.15) is 5.78 Å². The van der Waals surface area contributed by atoms with Crippen molar-refractivity contribution in [2.75, 3.05) is 26.7 Å². The highest BCUT2D eigenvalue weighted by atomic mass is 16.2. The molecule has 0 aromatic carbocycles. The summed E-state index contributed by atoms with van der Waals surface area (Å²) >= 11 is 0. The van der Waals surface area contributed by atoms with E-state index in [1.165, 1.54) is 0 Å². The molecule has 0 bridgehead atoms. The van der Waals surface area contributed by atoms with Crippen LogP contribution in [-0.4, -0.2) is 54.2 Å². The van der Waals surface area contributed by atoms with E-state index in [1.807, 2.05) is 7.05 Å². The second-order valence-electron chi connectivity index (χ2n) is 4.05. The highest BCUT2D eigenvalue weighted by Gasteiger charge is 2.26. The average Bonchev–Trinajstić information content (AvgIpc) is 2.09. The second kappa shape index (κ2) is 4.55.